The van der Waals surface area contributed by atoms with E-state index in [-0.39, 0.29) is 5.75 Å². The van der Waals surface area contributed by atoms with Crippen LogP contribution in [0.4, 0.5) is 0 Å². The molecule has 1 aromatic heterocycles. The molecule has 0 radical (unpaired) electrons. The molecule has 0 saturated carbocycles. The van der Waals surface area contributed by atoms with Crippen LogP contribution < -0.4 is 0 Å². The Morgan fingerprint density at radius 3 is 2.83 bits per heavy atom. The van der Waals surface area contributed by atoms with Crippen molar-refractivity contribution in [2.24, 2.45) is 4.99 Å². The van der Waals surface area contributed by atoms with E-state index in [0.717, 1.165) is 34.2 Å². The zero-order valence-corrected chi connectivity index (χ0v) is 13.1. The van der Waals surface area contributed by atoms with Gasteiger partial charge in [0.2, 0.25) is 0 Å². The van der Waals surface area contributed by atoms with Crippen molar-refractivity contribution in [1.29, 1.82) is 0 Å². The van der Waals surface area contributed by atoms with E-state index in [4.69, 9.17) is 16.6 Å². The Labute approximate surface area is 137 Å². The van der Waals surface area contributed by atoms with Crippen molar-refractivity contribution in [3.63, 3.8) is 0 Å². The van der Waals surface area contributed by atoms with E-state index in [1.807, 2.05) is 35.8 Å². The van der Waals surface area contributed by atoms with Gasteiger partial charge in [-0.3, -0.25) is 9.56 Å². The standard InChI is InChI=1S/C17H13ClN4O/c1-10-20-21-16-9-19-17(11-3-2-4-13(23)7-11)14-8-12(18)5-6-15(14)22(10)16/h2-8,23H,9H2,1H3. The number of benzene rings is 2. The normalized spacial score (nSPS) is 13.0. The van der Waals surface area contributed by atoms with Gasteiger partial charge in [0.1, 0.15) is 18.1 Å². The smallest absolute Gasteiger partial charge is 0.159 e. The van der Waals surface area contributed by atoms with Crippen molar-refractivity contribution >= 4 is 17.3 Å². The molecule has 1 aliphatic rings. The summed E-state index contributed by atoms with van der Waals surface area (Å²) in [5.41, 5.74) is 3.45. The predicted octanol–water partition coefficient (Wildman–Crippen LogP) is 3.29. The molecule has 0 amide bonds. The van der Waals surface area contributed by atoms with Crippen molar-refractivity contribution in [3.05, 3.63) is 70.3 Å². The van der Waals surface area contributed by atoms with Crippen LogP contribution in [-0.4, -0.2) is 25.6 Å². The van der Waals surface area contributed by atoms with Crippen molar-refractivity contribution in [3.8, 4) is 11.4 Å². The van der Waals surface area contributed by atoms with E-state index < -0.39 is 0 Å². The molecule has 0 saturated heterocycles. The molecule has 0 bridgehead atoms. The number of aromatic hydroxyl groups is 1. The average Bonchev–Trinajstić information content (AvgIpc) is 2.81. The van der Waals surface area contributed by atoms with E-state index in [0.29, 0.717) is 11.6 Å². The first kappa shape index (κ1) is 14.0. The second kappa shape index (κ2) is 5.21. The van der Waals surface area contributed by atoms with E-state index in [2.05, 4.69) is 10.2 Å². The number of nitrogens with zero attached hydrogens (tertiary/aromatic N) is 4. The maximum Gasteiger partial charge on any atom is 0.159 e. The van der Waals surface area contributed by atoms with Crippen molar-refractivity contribution in [1.82, 2.24) is 14.8 Å². The lowest BCUT2D eigenvalue weighted by atomic mass is 10.00. The van der Waals surface area contributed by atoms with Gasteiger partial charge in [-0.25, -0.2) is 0 Å². The molecule has 0 fully saturated rings. The molecule has 3 aromatic rings. The van der Waals surface area contributed by atoms with Crippen molar-refractivity contribution in [2.75, 3.05) is 0 Å². The summed E-state index contributed by atoms with van der Waals surface area (Å²) < 4.78 is 1.99. The molecule has 0 atom stereocenters. The summed E-state index contributed by atoms with van der Waals surface area (Å²) in [6, 6.07) is 12.7. The fourth-order valence-corrected chi connectivity index (χ4v) is 3.02. The highest BCUT2D eigenvalue weighted by atomic mass is 35.5. The highest BCUT2D eigenvalue weighted by Gasteiger charge is 2.21. The van der Waals surface area contributed by atoms with Crippen molar-refractivity contribution < 1.29 is 5.11 Å². The van der Waals surface area contributed by atoms with Crippen LogP contribution in [0.2, 0.25) is 5.02 Å². The number of hydrogen-bond acceptors (Lipinski definition) is 4. The monoisotopic (exact) mass is 324 g/mol. The van der Waals surface area contributed by atoms with Gasteiger partial charge in [-0.1, -0.05) is 23.7 Å². The van der Waals surface area contributed by atoms with E-state index in [9.17, 15) is 5.11 Å². The number of phenols is 1. The fraction of sp³-hybridized carbons (Fsp3) is 0.118. The third kappa shape index (κ3) is 2.29. The number of fused-ring (bicyclic) bond motifs is 3. The van der Waals surface area contributed by atoms with Gasteiger partial charge < -0.3 is 5.11 Å². The third-order valence-electron chi connectivity index (χ3n) is 3.84. The molecular weight excluding hydrogens is 312 g/mol. The number of aromatic nitrogens is 3. The molecule has 1 aliphatic heterocycles. The number of aliphatic imine (C=N–C) groups is 1. The summed E-state index contributed by atoms with van der Waals surface area (Å²) in [4.78, 5) is 4.70. The second-order valence-electron chi connectivity index (χ2n) is 5.38. The second-order valence-corrected chi connectivity index (χ2v) is 5.81. The van der Waals surface area contributed by atoms with Crippen LogP contribution >= 0.6 is 11.6 Å². The summed E-state index contributed by atoms with van der Waals surface area (Å²) >= 11 is 6.21. The molecule has 114 valence electrons. The first-order valence-corrected chi connectivity index (χ1v) is 7.56. The van der Waals surface area contributed by atoms with Gasteiger partial charge in [-0.15, -0.1) is 10.2 Å². The zero-order valence-electron chi connectivity index (χ0n) is 12.4. The largest absolute Gasteiger partial charge is 0.508 e. The lowest BCUT2D eigenvalue weighted by Crippen LogP contribution is -2.08. The molecule has 0 aliphatic carbocycles. The number of halogens is 1. The summed E-state index contributed by atoms with van der Waals surface area (Å²) in [6.45, 7) is 2.33. The summed E-state index contributed by atoms with van der Waals surface area (Å²) in [5.74, 6) is 1.78. The van der Waals surface area contributed by atoms with Gasteiger partial charge in [0.05, 0.1) is 11.4 Å². The molecule has 23 heavy (non-hydrogen) atoms. The minimum Gasteiger partial charge on any atom is -0.508 e. The average molecular weight is 325 g/mol. The summed E-state index contributed by atoms with van der Waals surface area (Å²) in [7, 11) is 0. The Kier molecular flexibility index (Phi) is 3.16. The van der Waals surface area contributed by atoms with Crippen molar-refractivity contribution in [2.45, 2.75) is 13.5 Å². The van der Waals surface area contributed by atoms with Crippen LogP contribution in [0, 0.1) is 6.92 Å². The van der Waals surface area contributed by atoms with E-state index in [1.165, 1.54) is 0 Å². The quantitative estimate of drug-likeness (QED) is 0.747. The zero-order chi connectivity index (χ0) is 16.0. The van der Waals surface area contributed by atoms with Crippen LogP contribution in [0.5, 0.6) is 5.75 Å². The Balaban J connectivity index is 2.00. The van der Waals surface area contributed by atoms with Gasteiger partial charge in [0.25, 0.3) is 0 Å². The van der Waals surface area contributed by atoms with Gasteiger partial charge in [-0.2, -0.15) is 0 Å². The minimum absolute atomic E-state index is 0.202. The highest BCUT2D eigenvalue weighted by molar-refractivity contribution is 6.31. The lowest BCUT2D eigenvalue weighted by molar-refractivity contribution is 0.475. The number of aryl methyl sites for hydroxylation is 1. The number of hydrogen-bond donors (Lipinski definition) is 1. The Hall–Kier alpha value is -2.66. The van der Waals surface area contributed by atoms with Gasteiger partial charge in [-0.05, 0) is 37.3 Å². The maximum atomic E-state index is 9.79. The molecule has 2 heterocycles. The Morgan fingerprint density at radius 2 is 2.00 bits per heavy atom. The lowest BCUT2D eigenvalue weighted by Gasteiger charge is -2.13. The van der Waals surface area contributed by atoms with Crippen LogP contribution in [0.15, 0.2) is 47.5 Å². The molecule has 6 heteroatoms. The topological polar surface area (TPSA) is 63.3 Å². The minimum atomic E-state index is 0.202. The SMILES string of the molecule is Cc1nnc2n1-c1ccc(Cl)cc1C(c1cccc(O)c1)=NC2. The van der Waals surface area contributed by atoms with Gasteiger partial charge in [0.15, 0.2) is 5.82 Å². The van der Waals surface area contributed by atoms with Gasteiger partial charge in [0, 0.05) is 16.1 Å². The first-order valence-electron chi connectivity index (χ1n) is 7.18. The Bertz CT molecular complexity index is 946. The van der Waals surface area contributed by atoms with Crippen LogP contribution in [0.25, 0.3) is 5.69 Å². The third-order valence-corrected chi connectivity index (χ3v) is 4.08. The molecule has 0 unspecified atom stereocenters. The first-order chi connectivity index (χ1) is 11.1. The fourth-order valence-electron chi connectivity index (χ4n) is 2.85. The van der Waals surface area contributed by atoms with Gasteiger partial charge >= 0.3 is 0 Å². The highest BCUT2D eigenvalue weighted by Crippen LogP contribution is 2.28. The van der Waals surface area contributed by atoms with E-state index in [1.54, 1.807) is 18.2 Å². The van der Waals surface area contributed by atoms with E-state index >= 15 is 0 Å². The summed E-state index contributed by atoms with van der Waals surface area (Å²) in [6.07, 6.45) is 0. The molecular formula is C17H13ClN4O. The molecule has 2 aromatic carbocycles. The summed E-state index contributed by atoms with van der Waals surface area (Å²) in [5, 5.41) is 18.8. The number of phenolic OH excluding ortho intramolecular Hbond substituents is 1. The number of rotatable bonds is 1. The predicted molar refractivity (Wildman–Crippen MR) is 88.6 cm³/mol. The molecule has 0 spiro atoms. The molecule has 5 nitrogen and oxygen atoms in total. The van der Waals surface area contributed by atoms with Crippen LogP contribution in [0.1, 0.15) is 22.8 Å². The van der Waals surface area contributed by atoms with Crippen LogP contribution in [-0.2, 0) is 6.54 Å². The Morgan fingerprint density at radius 1 is 1.13 bits per heavy atom. The maximum absolute atomic E-state index is 9.79. The molecule has 1 N–H and O–H groups in total. The molecule has 4 rings (SSSR count). The van der Waals surface area contributed by atoms with Crippen LogP contribution in [0.3, 0.4) is 0 Å².